The van der Waals surface area contributed by atoms with Crippen LogP contribution in [0, 0.1) is 5.41 Å². The van der Waals surface area contributed by atoms with Crippen LogP contribution in [0.5, 0.6) is 0 Å². The summed E-state index contributed by atoms with van der Waals surface area (Å²) < 4.78 is 27.6. The lowest BCUT2D eigenvalue weighted by atomic mass is 11.7. The van der Waals surface area contributed by atoms with Crippen molar-refractivity contribution in [3.05, 3.63) is 0 Å². The second-order valence-electron chi connectivity index (χ2n) is 0.611. The summed E-state index contributed by atoms with van der Waals surface area (Å²) in [4.78, 5) is 0. The number of rotatable bonds is 1. The summed E-state index contributed by atoms with van der Waals surface area (Å²) >= 11 is 0. The Balaban J connectivity index is 4.25. The van der Waals surface area contributed by atoms with Gasteiger partial charge >= 0.3 is 0 Å². The zero-order valence-electron chi connectivity index (χ0n) is 2.71. The third kappa shape index (κ3) is 3.58. The average molecular weight is 108 g/mol. The first-order valence-corrected chi connectivity index (χ1v) is 2.50. The van der Waals surface area contributed by atoms with Gasteiger partial charge in [0.2, 0.25) is 0 Å². The lowest BCUT2D eigenvalue weighted by Gasteiger charge is -1.91. The van der Waals surface area contributed by atoms with Crippen molar-refractivity contribution in [2.24, 2.45) is 0 Å². The lowest BCUT2D eigenvalue weighted by Crippen LogP contribution is -1.94. The Morgan fingerprint density at radius 3 is 1.83 bits per heavy atom. The third-order valence-electron chi connectivity index (χ3n) is 0.144. The summed E-state index contributed by atoms with van der Waals surface area (Å²) in [6, 6.07) is 0. The molecule has 4 nitrogen and oxygen atoms in total. The van der Waals surface area contributed by atoms with Crippen LogP contribution >= 0.6 is 0 Å². The van der Waals surface area contributed by atoms with Crippen molar-refractivity contribution in [3.8, 4) is 0 Å². The average Bonchev–Trinajstić information content (AvgIpc) is 1.35. The van der Waals surface area contributed by atoms with Gasteiger partial charge in [0.25, 0.3) is 0 Å². The Morgan fingerprint density at radius 2 is 1.83 bits per heavy atom. The molecule has 5 heteroatoms. The van der Waals surface area contributed by atoms with Crippen LogP contribution in [0.15, 0.2) is 0 Å². The monoisotopic (exact) mass is 108 g/mol. The molecule has 0 atom stereocenters. The fourth-order valence-corrected chi connectivity index (χ4v) is 0. The van der Waals surface area contributed by atoms with Crippen molar-refractivity contribution in [1.82, 2.24) is 0 Å². The molecule has 0 bridgehead atoms. The van der Waals surface area contributed by atoms with Crippen LogP contribution in [0.2, 0.25) is 0 Å². The molecule has 0 heterocycles. The van der Waals surface area contributed by atoms with Crippen LogP contribution in [-0.4, -0.2) is 18.5 Å². The van der Waals surface area contributed by atoms with E-state index in [9.17, 15) is 13.0 Å². The fourth-order valence-electron chi connectivity index (χ4n) is 0. The van der Waals surface area contributed by atoms with Crippen LogP contribution < -0.4 is 0 Å². The molecule has 0 unspecified atom stereocenters. The van der Waals surface area contributed by atoms with Gasteiger partial charge < -0.3 is 4.55 Å². The van der Waals surface area contributed by atoms with Crippen molar-refractivity contribution in [2.75, 3.05) is 0 Å². The van der Waals surface area contributed by atoms with Gasteiger partial charge in [0.05, 0.1) is 5.55 Å². The number of nitrogens with one attached hydrogen (secondary N) is 1. The molecule has 1 N–H and O–H groups in total. The second kappa shape index (κ2) is 1.36. The molecule has 0 fully saturated rings. The molecule has 36 valence electrons. The predicted octanol–water partition coefficient (Wildman–Crippen LogP) is -0.861. The maximum atomic E-state index is 9.20. The summed E-state index contributed by atoms with van der Waals surface area (Å²) in [5.74, 6) is 0. The van der Waals surface area contributed by atoms with E-state index in [1.807, 2.05) is 0 Å². The SMILES string of the molecule is N=CS(=O)(=O)[O-]. The molecule has 0 rings (SSSR count). The van der Waals surface area contributed by atoms with Crippen molar-refractivity contribution in [1.29, 1.82) is 5.41 Å². The highest BCUT2D eigenvalue weighted by atomic mass is 32.2. The summed E-state index contributed by atoms with van der Waals surface area (Å²) in [7, 11) is -4.37. The van der Waals surface area contributed by atoms with Gasteiger partial charge in [0.15, 0.2) is 0 Å². The Labute approximate surface area is 35.1 Å². The van der Waals surface area contributed by atoms with Gasteiger partial charge in [-0.25, -0.2) is 8.42 Å². The van der Waals surface area contributed by atoms with Crippen molar-refractivity contribution >= 4 is 15.7 Å². The Kier molecular flexibility index (Phi) is 1.26. The fraction of sp³-hybridized carbons (Fsp3) is 0. The van der Waals surface area contributed by atoms with Crippen molar-refractivity contribution < 1.29 is 13.0 Å². The topological polar surface area (TPSA) is 81.0 Å². The van der Waals surface area contributed by atoms with E-state index < -0.39 is 10.1 Å². The molecule has 0 saturated carbocycles. The summed E-state index contributed by atoms with van der Waals surface area (Å²) in [6.45, 7) is 0. The van der Waals surface area contributed by atoms with Gasteiger partial charge in [-0.15, -0.1) is 0 Å². The van der Waals surface area contributed by atoms with Crippen LogP contribution in [0.1, 0.15) is 0 Å². The number of hydrogen-bond acceptors (Lipinski definition) is 4. The zero-order valence-corrected chi connectivity index (χ0v) is 3.53. The van der Waals surface area contributed by atoms with Gasteiger partial charge in [0.1, 0.15) is 10.1 Å². The smallest absolute Gasteiger partial charge is 0.134 e. The molecule has 0 aliphatic heterocycles. The molecule has 0 aromatic heterocycles. The van der Waals surface area contributed by atoms with E-state index in [0.717, 1.165) is 0 Å². The van der Waals surface area contributed by atoms with E-state index in [2.05, 4.69) is 0 Å². The molecule has 0 saturated heterocycles. The lowest BCUT2D eigenvalue weighted by molar-refractivity contribution is 0.478. The molecular weight excluding hydrogens is 106 g/mol. The minimum absolute atomic E-state index is 0.146. The highest BCUT2D eigenvalue weighted by molar-refractivity contribution is 7.99. The first-order chi connectivity index (χ1) is 2.56. The standard InChI is InChI=1S/CH3NO3S/c2-1-6(3,4)5/h1-2H,(H,3,4,5)/p-1. The van der Waals surface area contributed by atoms with Gasteiger partial charge in [-0.2, -0.15) is 0 Å². The summed E-state index contributed by atoms with van der Waals surface area (Å²) in [6.07, 6.45) is 0. The van der Waals surface area contributed by atoms with Gasteiger partial charge in [0, 0.05) is 0 Å². The van der Waals surface area contributed by atoms with Crippen molar-refractivity contribution in [3.63, 3.8) is 0 Å². The molecule has 0 amide bonds. The van der Waals surface area contributed by atoms with E-state index in [1.54, 1.807) is 0 Å². The van der Waals surface area contributed by atoms with Gasteiger partial charge in [-0.3, -0.25) is 5.41 Å². The van der Waals surface area contributed by atoms with E-state index in [0.29, 0.717) is 0 Å². The molecule has 0 spiro atoms. The van der Waals surface area contributed by atoms with E-state index >= 15 is 0 Å². The molecule has 0 aliphatic rings. The molecule has 0 aromatic rings. The Hall–Kier alpha value is -0.420. The van der Waals surface area contributed by atoms with Gasteiger partial charge in [-0.05, 0) is 0 Å². The largest absolute Gasteiger partial charge is 0.743 e. The minimum atomic E-state index is -4.37. The predicted molar refractivity (Wildman–Crippen MR) is 18.5 cm³/mol. The second-order valence-corrected chi connectivity index (χ2v) is 1.83. The van der Waals surface area contributed by atoms with E-state index in [-0.39, 0.29) is 5.55 Å². The highest BCUT2D eigenvalue weighted by Crippen LogP contribution is 1.64. The third-order valence-corrected chi connectivity index (χ3v) is 0.433. The van der Waals surface area contributed by atoms with Crippen LogP contribution in [0.25, 0.3) is 0 Å². The van der Waals surface area contributed by atoms with E-state index in [1.165, 1.54) is 0 Å². The highest BCUT2D eigenvalue weighted by Gasteiger charge is 1.75. The molecular formula is CH2NO3S-. The Morgan fingerprint density at radius 1 is 1.67 bits per heavy atom. The Bertz CT molecular complexity index is 121. The molecule has 0 radical (unpaired) electrons. The first-order valence-electron chi connectivity index (χ1n) is 1.02. The summed E-state index contributed by atoms with van der Waals surface area (Å²) in [5.41, 5.74) is -0.146. The van der Waals surface area contributed by atoms with Gasteiger partial charge in [-0.1, -0.05) is 0 Å². The normalized spacial score (nSPS) is 10.8. The zero-order chi connectivity index (χ0) is 5.21. The van der Waals surface area contributed by atoms with Crippen LogP contribution in [0.4, 0.5) is 0 Å². The van der Waals surface area contributed by atoms with E-state index in [4.69, 9.17) is 5.41 Å². The maximum Gasteiger partial charge on any atom is 0.134 e. The van der Waals surface area contributed by atoms with Crippen molar-refractivity contribution in [2.45, 2.75) is 0 Å². The maximum absolute atomic E-state index is 9.20. The minimum Gasteiger partial charge on any atom is -0.743 e. The molecule has 0 aromatic carbocycles. The quantitative estimate of drug-likeness (QED) is 0.269. The number of hydrogen-bond donors (Lipinski definition) is 1. The summed E-state index contributed by atoms with van der Waals surface area (Å²) in [5, 5.41) is 5.83. The first kappa shape index (κ1) is 5.58. The van der Waals surface area contributed by atoms with Crippen LogP contribution in [0.3, 0.4) is 0 Å². The molecule has 6 heavy (non-hydrogen) atoms. The van der Waals surface area contributed by atoms with Crippen LogP contribution in [-0.2, 0) is 10.1 Å². The molecule has 0 aliphatic carbocycles.